The minimum Gasteiger partial charge on any atom is -0.375 e. The molecular weight excluding hydrogens is 294 g/mol. The molecule has 1 aromatic rings. The van der Waals surface area contributed by atoms with E-state index in [0.717, 1.165) is 0 Å². The number of amides is 4. The summed E-state index contributed by atoms with van der Waals surface area (Å²) in [5.41, 5.74) is 5.19. The Bertz CT molecular complexity index is 616. The minimum atomic E-state index is -0.980. The number of thiazole rings is 1. The van der Waals surface area contributed by atoms with Gasteiger partial charge in [-0.2, -0.15) is 0 Å². The zero-order valence-corrected chi connectivity index (χ0v) is 12.0. The molecule has 4 N–H and O–H groups in total. The Morgan fingerprint density at radius 3 is 2.95 bits per heavy atom. The molecule has 112 valence electrons. The minimum absolute atomic E-state index is 0.117. The zero-order chi connectivity index (χ0) is 15.0. The number of carbonyl (C=O) groups excluding carboxylic acids is 3. The highest BCUT2D eigenvalue weighted by Crippen LogP contribution is 2.25. The van der Waals surface area contributed by atoms with Crippen molar-refractivity contribution in [1.82, 2.24) is 20.5 Å². The Morgan fingerprint density at radius 2 is 2.33 bits per heavy atom. The van der Waals surface area contributed by atoms with Crippen LogP contribution >= 0.6 is 11.3 Å². The highest BCUT2D eigenvalue weighted by atomic mass is 32.1. The first-order valence-corrected chi connectivity index (χ1v) is 7.48. The number of carbonyl (C=O) groups is 3. The topological polar surface area (TPSA) is 117 Å². The van der Waals surface area contributed by atoms with E-state index in [1.165, 1.54) is 11.3 Å². The maximum atomic E-state index is 12.3. The van der Waals surface area contributed by atoms with Gasteiger partial charge in [0.1, 0.15) is 5.54 Å². The third kappa shape index (κ3) is 2.56. The molecular formula is C12H15N5O3S. The van der Waals surface area contributed by atoms with Crippen molar-refractivity contribution in [1.29, 1.82) is 0 Å². The van der Waals surface area contributed by atoms with Gasteiger partial charge in [0.05, 0.1) is 18.7 Å². The van der Waals surface area contributed by atoms with Crippen LogP contribution in [0.4, 0.5) is 9.93 Å². The van der Waals surface area contributed by atoms with Crippen LogP contribution in [-0.2, 0) is 16.0 Å². The van der Waals surface area contributed by atoms with E-state index in [9.17, 15) is 14.4 Å². The molecule has 0 aliphatic carbocycles. The van der Waals surface area contributed by atoms with E-state index >= 15 is 0 Å². The largest absolute Gasteiger partial charge is 0.375 e. The van der Waals surface area contributed by atoms with Crippen molar-refractivity contribution in [3.05, 3.63) is 11.1 Å². The van der Waals surface area contributed by atoms with Gasteiger partial charge in [-0.25, -0.2) is 9.78 Å². The number of rotatable bonds is 2. The molecule has 8 nitrogen and oxygen atoms in total. The van der Waals surface area contributed by atoms with Crippen molar-refractivity contribution in [2.45, 2.75) is 24.8 Å². The van der Waals surface area contributed by atoms with E-state index in [1.807, 2.05) is 0 Å². The monoisotopic (exact) mass is 309 g/mol. The summed E-state index contributed by atoms with van der Waals surface area (Å²) in [5.74, 6) is -0.476. The maximum Gasteiger partial charge on any atom is 0.322 e. The predicted octanol–water partition coefficient (Wildman–Crippen LogP) is -0.532. The molecule has 9 heteroatoms. The molecule has 1 spiro atoms. The summed E-state index contributed by atoms with van der Waals surface area (Å²) in [7, 11) is 0. The lowest BCUT2D eigenvalue weighted by Crippen LogP contribution is -2.59. The highest BCUT2D eigenvalue weighted by Gasteiger charge is 2.49. The maximum absolute atomic E-state index is 12.3. The average Bonchev–Trinajstić information content (AvgIpc) is 2.94. The number of anilines is 1. The molecule has 0 radical (unpaired) electrons. The molecule has 0 aromatic carbocycles. The lowest BCUT2D eigenvalue weighted by molar-refractivity contribution is -0.135. The first kappa shape index (κ1) is 13.8. The van der Waals surface area contributed by atoms with Gasteiger partial charge in [-0.1, -0.05) is 0 Å². The van der Waals surface area contributed by atoms with E-state index in [-0.39, 0.29) is 24.8 Å². The molecule has 0 saturated carbocycles. The summed E-state index contributed by atoms with van der Waals surface area (Å²) >= 11 is 1.29. The fourth-order valence-electron chi connectivity index (χ4n) is 2.75. The number of hydrogen-bond acceptors (Lipinski definition) is 6. The van der Waals surface area contributed by atoms with E-state index in [2.05, 4.69) is 15.6 Å². The van der Waals surface area contributed by atoms with Crippen molar-refractivity contribution in [2.75, 3.05) is 18.8 Å². The van der Waals surface area contributed by atoms with Crippen molar-refractivity contribution in [3.63, 3.8) is 0 Å². The van der Waals surface area contributed by atoms with Gasteiger partial charge in [-0.05, 0) is 12.8 Å². The standard InChI is InChI=1S/C12H15N5O3S/c13-10-14-7(5-21-10)4-8(18)17-3-1-2-12(6-17)9(19)15-11(20)16-12/h5H,1-4,6H2,(H2,13,14)(H2,15,16,19,20). The van der Waals surface area contributed by atoms with Crippen LogP contribution in [0.1, 0.15) is 18.5 Å². The predicted molar refractivity (Wildman–Crippen MR) is 75.4 cm³/mol. The molecule has 21 heavy (non-hydrogen) atoms. The molecule has 1 aromatic heterocycles. The number of aromatic nitrogens is 1. The van der Waals surface area contributed by atoms with Gasteiger partial charge in [0, 0.05) is 11.9 Å². The highest BCUT2D eigenvalue weighted by molar-refractivity contribution is 7.13. The average molecular weight is 309 g/mol. The third-order valence-electron chi connectivity index (χ3n) is 3.76. The van der Waals surface area contributed by atoms with E-state index in [1.54, 1.807) is 10.3 Å². The van der Waals surface area contributed by atoms with E-state index < -0.39 is 11.6 Å². The van der Waals surface area contributed by atoms with Crippen LogP contribution < -0.4 is 16.4 Å². The molecule has 0 bridgehead atoms. The Morgan fingerprint density at radius 1 is 1.52 bits per heavy atom. The Kier molecular flexibility index (Phi) is 3.28. The molecule has 2 saturated heterocycles. The molecule has 3 rings (SSSR count). The van der Waals surface area contributed by atoms with Crippen LogP contribution in [-0.4, -0.2) is 46.4 Å². The summed E-state index contributed by atoms with van der Waals surface area (Å²) in [4.78, 5) is 41.2. The number of hydrogen-bond donors (Lipinski definition) is 3. The first-order chi connectivity index (χ1) is 9.98. The number of nitrogen functional groups attached to an aromatic ring is 1. The van der Waals surface area contributed by atoms with Gasteiger partial charge in [-0.3, -0.25) is 14.9 Å². The van der Waals surface area contributed by atoms with Crippen molar-refractivity contribution in [2.24, 2.45) is 0 Å². The summed E-state index contributed by atoms with van der Waals surface area (Å²) < 4.78 is 0. The summed E-state index contributed by atoms with van der Waals surface area (Å²) in [6.45, 7) is 0.770. The smallest absolute Gasteiger partial charge is 0.322 e. The normalized spacial score (nSPS) is 25.0. The van der Waals surface area contributed by atoms with E-state index in [4.69, 9.17) is 5.73 Å². The fraction of sp³-hybridized carbons (Fsp3) is 0.500. The SMILES string of the molecule is Nc1nc(CC(=O)N2CCCC3(C2)NC(=O)NC3=O)cs1. The fourth-order valence-corrected chi connectivity index (χ4v) is 3.32. The van der Waals surface area contributed by atoms with Crippen LogP contribution in [0.3, 0.4) is 0 Å². The summed E-state index contributed by atoms with van der Waals surface area (Å²) in [6.07, 6.45) is 1.36. The molecule has 1 unspecified atom stereocenters. The van der Waals surface area contributed by atoms with Crippen LogP contribution in [0, 0.1) is 0 Å². The van der Waals surface area contributed by atoms with E-state index in [0.29, 0.717) is 30.2 Å². The van der Waals surface area contributed by atoms with Gasteiger partial charge in [-0.15, -0.1) is 11.3 Å². The van der Waals surface area contributed by atoms with Gasteiger partial charge in [0.2, 0.25) is 5.91 Å². The Labute approximate surface area is 124 Å². The first-order valence-electron chi connectivity index (χ1n) is 6.60. The van der Waals surface area contributed by atoms with Crippen molar-refractivity contribution in [3.8, 4) is 0 Å². The summed E-state index contributed by atoms with van der Waals surface area (Å²) in [5, 5.41) is 7.05. The lowest BCUT2D eigenvalue weighted by Gasteiger charge is -2.38. The molecule has 4 amide bonds. The molecule has 3 heterocycles. The number of nitrogens with zero attached hydrogens (tertiary/aromatic N) is 2. The van der Waals surface area contributed by atoms with Crippen LogP contribution in [0.5, 0.6) is 0 Å². The van der Waals surface area contributed by atoms with Gasteiger partial charge < -0.3 is 16.0 Å². The van der Waals surface area contributed by atoms with Crippen LogP contribution in [0.15, 0.2) is 5.38 Å². The molecule has 1 atom stereocenters. The zero-order valence-electron chi connectivity index (χ0n) is 11.2. The number of likely N-dealkylation sites (tertiary alicyclic amines) is 1. The number of piperidine rings is 1. The lowest BCUT2D eigenvalue weighted by atomic mass is 9.89. The Balaban J connectivity index is 1.70. The van der Waals surface area contributed by atoms with Gasteiger partial charge >= 0.3 is 6.03 Å². The van der Waals surface area contributed by atoms with Gasteiger partial charge in [0.15, 0.2) is 5.13 Å². The molecule has 2 aliphatic rings. The third-order valence-corrected chi connectivity index (χ3v) is 4.48. The molecule has 2 fully saturated rings. The second kappa shape index (κ2) is 4.99. The van der Waals surface area contributed by atoms with Crippen LogP contribution in [0.25, 0.3) is 0 Å². The Hall–Kier alpha value is -2.16. The van der Waals surface area contributed by atoms with Crippen molar-refractivity contribution < 1.29 is 14.4 Å². The second-order valence-corrected chi connectivity index (χ2v) is 6.15. The van der Waals surface area contributed by atoms with Gasteiger partial charge in [0.25, 0.3) is 5.91 Å². The quantitative estimate of drug-likeness (QED) is 0.635. The van der Waals surface area contributed by atoms with Crippen molar-refractivity contribution >= 4 is 34.3 Å². The number of nitrogens with one attached hydrogen (secondary N) is 2. The number of nitrogens with two attached hydrogens (primary N) is 1. The van der Waals surface area contributed by atoms with Crippen LogP contribution in [0.2, 0.25) is 0 Å². The number of urea groups is 1. The second-order valence-electron chi connectivity index (χ2n) is 5.26. The molecule has 2 aliphatic heterocycles. The number of imide groups is 1. The summed E-state index contributed by atoms with van der Waals surface area (Å²) in [6, 6.07) is -0.499.